The van der Waals surface area contributed by atoms with E-state index in [4.69, 9.17) is 15.2 Å². The Labute approximate surface area is 120 Å². The molecule has 2 N–H and O–H groups in total. The Morgan fingerprint density at radius 3 is 2.75 bits per heavy atom. The van der Waals surface area contributed by atoms with Gasteiger partial charge in [0.1, 0.15) is 0 Å². The number of hydrogen-bond donors (Lipinski definition) is 1. The molecule has 1 fully saturated rings. The molecule has 1 aromatic carbocycles. The molecule has 5 nitrogen and oxygen atoms in total. The zero-order chi connectivity index (χ0) is 14.4. The van der Waals surface area contributed by atoms with Gasteiger partial charge in [0.05, 0.1) is 23.4 Å². The maximum Gasteiger partial charge on any atom is 0.180 e. The van der Waals surface area contributed by atoms with Crippen LogP contribution in [-0.2, 0) is 25.9 Å². The monoisotopic (exact) mass is 299 g/mol. The van der Waals surface area contributed by atoms with Gasteiger partial charge in [0.2, 0.25) is 0 Å². The highest BCUT2D eigenvalue weighted by Crippen LogP contribution is 2.15. The van der Waals surface area contributed by atoms with Gasteiger partial charge in [-0.15, -0.1) is 0 Å². The summed E-state index contributed by atoms with van der Waals surface area (Å²) in [5, 5.41) is 0. The third-order valence-corrected chi connectivity index (χ3v) is 5.04. The standard InChI is InChI=1S/C14H21NO4S/c15-11-12-2-1-3-14(10-12)20(16,17)9-8-19-13-4-6-18-7-5-13/h1-3,10,13H,4-9,11,15H2. The van der Waals surface area contributed by atoms with Crippen molar-refractivity contribution in [2.24, 2.45) is 5.73 Å². The van der Waals surface area contributed by atoms with Gasteiger partial charge in [0.15, 0.2) is 9.84 Å². The van der Waals surface area contributed by atoms with E-state index in [0.717, 1.165) is 18.4 Å². The first-order chi connectivity index (χ1) is 9.62. The predicted octanol–water partition coefficient (Wildman–Crippen LogP) is 1.11. The Kier molecular flexibility index (Phi) is 5.54. The van der Waals surface area contributed by atoms with Crippen molar-refractivity contribution in [3.63, 3.8) is 0 Å². The molecule has 1 aliphatic rings. The first-order valence-corrected chi connectivity index (χ1v) is 8.48. The molecule has 0 radical (unpaired) electrons. The quantitative estimate of drug-likeness (QED) is 0.851. The average Bonchev–Trinajstić information content (AvgIpc) is 2.48. The van der Waals surface area contributed by atoms with Crippen molar-refractivity contribution in [3.05, 3.63) is 29.8 Å². The van der Waals surface area contributed by atoms with Crippen molar-refractivity contribution in [1.82, 2.24) is 0 Å². The van der Waals surface area contributed by atoms with Crippen LogP contribution in [0, 0.1) is 0 Å². The molecule has 1 heterocycles. The molecule has 2 rings (SSSR count). The molecule has 0 aromatic heterocycles. The van der Waals surface area contributed by atoms with Gasteiger partial charge in [-0.25, -0.2) is 8.42 Å². The largest absolute Gasteiger partial charge is 0.381 e. The minimum atomic E-state index is -3.31. The Morgan fingerprint density at radius 2 is 2.05 bits per heavy atom. The lowest BCUT2D eigenvalue weighted by molar-refractivity contribution is -0.0266. The van der Waals surface area contributed by atoms with Crippen LogP contribution < -0.4 is 5.73 Å². The van der Waals surface area contributed by atoms with Crippen molar-refractivity contribution in [1.29, 1.82) is 0 Å². The van der Waals surface area contributed by atoms with Gasteiger partial charge in [-0.2, -0.15) is 0 Å². The number of hydrogen-bond acceptors (Lipinski definition) is 5. The van der Waals surface area contributed by atoms with Crippen LogP contribution in [0.3, 0.4) is 0 Å². The second kappa shape index (κ2) is 7.17. The number of rotatable bonds is 6. The molecule has 0 atom stereocenters. The Morgan fingerprint density at radius 1 is 1.30 bits per heavy atom. The fourth-order valence-corrected chi connectivity index (χ4v) is 3.32. The van der Waals surface area contributed by atoms with Gasteiger partial charge < -0.3 is 15.2 Å². The van der Waals surface area contributed by atoms with Crippen LogP contribution in [0.2, 0.25) is 0 Å². The van der Waals surface area contributed by atoms with Crippen LogP contribution in [0.4, 0.5) is 0 Å². The van der Waals surface area contributed by atoms with Gasteiger partial charge in [-0.3, -0.25) is 0 Å². The Balaban J connectivity index is 1.89. The summed E-state index contributed by atoms with van der Waals surface area (Å²) in [5.41, 5.74) is 6.34. The smallest absolute Gasteiger partial charge is 0.180 e. The highest BCUT2D eigenvalue weighted by atomic mass is 32.2. The third-order valence-electron chi connectivity index (χ3n) is 3.37. The molecule has 0 unspecified atom stereocenters. The topological polar surface area (TPSA) is 78.6 Å². The van der Waals surface area contributed by atoms with Crippen molar-refractivity contribution in [2.75, 3.05) is 25.6 Å². The highest BCUT2D eigenvalue weighted by Gasteiger charge is 2.18. The van der Waals surface area contributed by atoms with Crippen molar-refractivity contribution in [2.45, 2.75) is 30.4 Å². The minimum Gasteiger partial charge on any atom is -0.381 e. The molecule has 20 heavy (non-hydrogen) atoms. The molecule has 0 amide bonds. The summed E-state index contributed by atoms with van der Waals surface area (Å²) in [4.78, 5) is 0.316. The van der Waals surface area contributed by atoms with E-state index in [0.29, 0.717) is 24.7 Å². The van der Waals surface area contributed by atoms with Gasteiger partial charge in [0, 0.05) is 19.8 Å². The molecule has 0 saturated carbocycles. The molecule has 112 valence electrons. The number of ether oxygens (including phenoxy) is 2. The van der Waals surface area contributed by atoms with Crippen LogP contribution in [-0.4, -0.2) is 40.1 Å². The van der Waals surface area contributed by atoms with Crippen molar-refractivity contribution < 1.29 is 17.9 Å². The minimum absolute atomic E-state index is 0.00161. The van der Waals surface area contributed by atoms with Gasteiger partial charge >= 0.3 is 0 Å². The van der Waals surface area contributed by atoms with E-state index in [1.165, 1.54) is 0 Å². The lowest BCUT2D eigenvalue weighted by Crippen LogP contribution is -2.25. The summed E-state index contributed by atoms with van der Waals surface area (Å²) >= 11 is 0. The van der Waals surface area contributed by atoms with E-state index < -0.39 is 9.84 Å². The molecular formula is C14H21NO4S. The third kappa shape index (κ3) is 4.28. The van der Waals surface area contributed by atoms with Crippen molar-refractivity contribution in [3.8, 4) is 0 Å². The Bertz CT molecular complexity index is 524. The van der Waals surface area contributed by atoms with Gasteiger partial charge in [-0.05, 0) is 30.5 Å². The molecule has 0 aliphatic carbocycles. The second-order valence-electron chi connectivity index (χ2n) is 4.85. The maximum absolute atomic E-state index is 12.2. The Hall–Kier alpha value is -0.950. The summed E-state index contributed by atoms with van der Waals surface area (Å²) in [6.07, 6.45) is 1.79. The summed E-state index contributed by atoms with van der Waals surface area (Å²) in [6.45, 7) is 1.94. The van der Waals surface area contributed by atoms with E-state index in [1.807, 2.05) is 6.07 Å². The van der Waals surface area contributed by atoms with Crippen LogP contribution in [0.5, 0.6) is 0 Å². The van der Waals surface area contributed by atoms with Crippen LogP contribution in [0.15, 0.2) is 29.2 Å². The lowest BCUT2D eigenvalue weighted by Gasteiger charge is -2.22. The lowest BCUT2D eigenvalue weighted by atomic mass is 10.2. The fraction of sp³-hybridized carbons (Fsp3) is 0.571. The SMILES string of the molecule is NCc1cccc(S(=O)(=O)CCOC2CCOCC2)c1. The van der Waals surface area contributed by atoms with Crippen LogP contribution in [0.1, 0.15) is 18.4 Å². The molecule has 1 aliphatic heterocycles. The molecule has 1 saturated heterocycles. The van der Waals surface area contributed by atoms with Gasteiger partial charge in [-0.1, -0.05) is 12.1 Å². The number of nitrogens with two attached hydrogens (primary N) is 1. The summed E-state index contributed by atoms with van der Waals surface area (Å²) in [5.74, 6) is -0.00161. The number of benzene rings is 1. The van der Waals surface area contributed by atoms with E-state index >= 15 is 0 Å². The predicted molar refractivity (Wildman–Crippen MR) is 76.2 cm³/mol. The molecule has 6 heteroatoms. The zero-order valence-electron chi connectivity index (χ0n) is 11.5. The first kappa shape index (κ1) is 15.4. The van der Waals surface area contributed by atoms with E-state index in [9.17, 15) is 8.42 Å². The summed E-state index contributed by atoms with van der Waals surface area (Å²) < 4.78 is 35.2. The summed E-state index contributed by atoms with van der Waals surface area (Å²) in [6, 6.07) is 6.76. The molecule has 0 bridgehead atoms. The normalized spacial score (nSPS) is 17.2. The average molecular weight is 299 g/mol. The van der Waals surface area contributed by atoms with E-state index in [2.05, 4.69) is 0 Å². The van der Waals surface area contributed by atoms with E-state index in [-0.39, 0.29) is 18.5 Å². The maximum atomic E-state index is 12.2. The van der Waals surface area contributed by atoms with Crippen LogP contribution >= 0.6 is 0 Å². The van der Waals surface area contributed by atoms with Crippen molar-refractivity contribution >= 4 is 9.84 Å². The highest BCUT2D eigenvalue weighted by molar-refractivity contribution is 7.91. The first-order valence-electron chi connectivity index (χ1n) is 6.83. The fourth-order valence-electron chi connectivity index (χ4n) is 2.15. The van der Waals surface area contributed by atoms with E-state index in [1.54, 1.807) is 18.2 Å². The van der Waals surface area contributed by atoms with Crippen LogP contribution in [0.25, 0.3) is 0 Å². The second-order valence-corrected chi connectivity index (χ2v) is 6.96. The van der Waals surface area contributed by atoms with Gasteiger partial charge in [0.25, 0.3) is 0 Å². The molecular weight excluding hydrogens is 278 g/mol. The molecule has 1 aromatic rings. The summed E-state index contributed by atoms with van der Waals surface area (Å²) in [7, 11) is -3.31. The zero-order valence-corrected chi connectivity index (χ0v) is 12.3. The number of sulfone groups is 1. The molecule has 0 spiro atoms.